The molecule has 86 valence electrons. The maximum absolute atomic E-state index is 12.1. The number of ketones is 1. The van der Waals surface area contributed by atoms with E-state index in [9.17, 15) is 4.79 Å². The molecule has 0 saturated heterocycles. The van der Waals surface area contributed by atoms with E-state index >= 15 is 0 Å². The average molecular weight is 226 g/mol. The maximum atomic E-state index is 12.1. The van der Waals surface area contributed by atoms with Gasteiger partial charge in [0.25, 0.3) is 0 Å². The van der Waals surface area contributed by atoms with Crippen LogP contribution in [0.15, 0.2) is 36.8 Å². The number of benzene rings is 1. The van der Waals surface area contributed by atoms with Crippen LogP contribution in [0, 0.1) is 13.8 Å². The molecule has 0 bridgehead atoms. The Morgan fingerprint density at radius 3 is 2.76 bits per heavy atom. The predicted molar refractivity (Wildman–Crippen MR) is 66.0 cm³/mol. The van der Waals surface area contributed by atoms with Crippen LogP contribution in [0.2, 0.25) is 0 Å². The number of hydrogen-bond acceptors (Lipinski definition) is 3. The predicted octanol–water partition coefficient (Wildman–Crippen LogP) is 2.52. The van der Waals surface area contributed by atoms with Crippen LogP contribution < -0.4 is 0 Å². The highest BCUT2D eigenvalue weighted by atomic mass is 16.1. The standard InChI is InChI=1S/C14H14N2O/c1-10-3-4-11(2)13(7-10)14(17)8-12-5-6-15-9-16-12/h3-7,9H,8H2,1-2H3. The molecule has 0 N–H and O–H groups in total. The van der Waals surface area contributed by atoms with Gasteiger partial charge in [-0.2, -0.15) is 0 Å². The SMILES string of the molecule is Cc1ccc(C)c(C(=O)Cc2ccncn2)c1. The van der Waals surface area contributed by atoms with Crippen molar-refractivity contribution in [3.05, 3.63) is 59.2 Å². The van der Waals surface area contributed by atoms with Crippen LogP contribution in [0.4, 0.5) is 0 Å². The Morgan fingerprint density at radius 2 is 2.06 bits per heavy atom. The van der Waals surface area contributed by atoms with Crippen LogP contribution >= 0.6 is 0 Å². The van der Waals surface area contributed by atoms with Gasteiger partial charge >= 0.3 is 0 Å². The lowest BCUT2D eigenvalue weighted by atomic mass is 9.99. The summed E-state index contributed by atoms with van der Waals surface area (Å²) < 4.78 is 0. The first-order chi connectivity index (χ1) is 8.16. The van der Waals surface area contributed by atoms with Gasteiger partial charge in [-0.3, -0.25) is 4.79 Å². The van der Waals surface area contributed by atoms with Crippen molar-refractivity contribution in [3.63, 3.8) is 0 Å². The van der Waals surface area contributed by atoms with Gasteiger partial charge in [-0.05, 0) is 31.5 Å². The maximum Gasteiger partial charge on any atom is 0.169 e. The van der Waals surface area contributed by atoms with Crippen molar-refractivity contribution in [2.75, 3.05) is 0 Å². The largest absolute Gasteiger partial charge is 0.294 e. The summed E-state index contributed by atoms with van der Waals surface area (Å²) in [6.07, 6.45) is 3.44. The summed E-state index contributed by atoms with van der Waals surface area (Å²) in [7, 11) is 0. The Bertz CT molecular complexity index is 535. The van der Waals surface area contributed by atoms with Gasteiger partial charge in [0.15, 0.2) is 5.78 Å². The van der Waals surface area contributed by atoms with Crippen molar-refractivity contribution in [1.82, 2.24) is 9.97 Å². The summed E-state index contributed by atoms with van der Waals surface area (Å²) in [5.41, 5.74) is 3.64. The Kier molecular flexibility index (Phi) is 3.28. The lowest BCUT2D eigenvalue weighted by Crippen LogP contribution is -2.07. The zero-order valence-electron chi connectivity index (χ0n) is 9.97. The molecule has 0 aliphatic heterocycles. The molecule has 0 unspecified atom stereocenters. The number of rotatable bonds is 3. The van der Waals surface area contributed by atoms with Gasteiger partial charge in [-0.1, -0.05) is 17.7 Å². The van der Waals surface area contributed by atoms with E-state index < -0.39 is 0 Å². The molecule has 0 amide bonds. The fraction of sp³-hybridized carbons (Fsp3) is 0.214. The van der Waals surface area contributed by atoms with E-state index in [0.717, 1.165) is 22.4 Å². The molecule has 0 spiro atoms. The molecule has 17 heavy (non-hydrogen) atoms. The Labute approximate surface area is 101 Å². The second-order valence-electron chi connectivity index (χ2n) is 4.12. The number of carbonyl (C=O) groups excluding carboxylic acids is 1. The smallest absolute Gasteiger partial charge is 0.169 e. The molecule has 1 heterocycles. The highest BCUT2D eigenvalue weighted by Crippen LogP contribution is 2.13. The zero-order valence-corrected chi connectivity index (χ0v) is 9.97. The third kappa shape index (κ3) is 2.75. The quantitative estimate of drug-likeness (QED) is 0.755. The monoisotopic (exact) mass is 226 g/mol. The van der Waals surface area contributed by atoms with Gasteiger partial charge in [-0.15, -0.1) is 0 Å². The van der Waals surface area contributed by atoms with Gasteiger partial charge in [0, 0.05) is 11.8 Å². The molecule has 0 atom stereocenters. The van der Waals surface area contributed by atoms with E-state index in [1.165, 1.54) is 6.33 Å². The first-order valence-electron chi connectivity index (χ1n) is 5.52. The highest BCUT2D eigenvalue weighted by Gasteiger charge is 2.10. The van der Waals surface area contributed by atoms with E-state index in [1.807, 2.05) is 32.0 Å². The Balaban J connectivity index is 2.23. The molecular formula is C14H14N2O. The molecule has 3 nitrogen and oxygen atoms in total. The Morgan fingerprint density at radius 1 is 1.24 bits per heavy atom. The second kappa shape index (κ2) is 4.87. The fourth-order valence-corrected chi connectivity index (χ4v) is 1.72. The van der Waals surface area contributed by atoms with Crippen LogP contribution in [-0.2, 0) is 6.42 Å². The molecule has 0 fully saturated rings. The minimum atomic E-state index is 0.102. The van der Waals surface area contributed by atoms with Gasteiger partial charge in [0.05, 0.1) is 12.1 Å². The van der Waals surface area contributed by atoms with Crippen molar-refractivity contribution < 1.29 is 4.79 Å². The minimum absolute atomic E-state index is 0.102. The van der Waals surface area contributed by atoms with Crippen LogP contribution in [0.25, 0.3) is 0 Å². The van der Waals surface area contributed by atoms with Crippen molar-refractivity contribution in [2.45, 2.75) is 20.3 Å². The van der Waals surface area contributed by atoms with Gasteiger partial charge < -0.3 is 0 Å². The number of Topliss-reactive ketones (excluding diaryl/α,β-unsaturated/α-hetero) is 1. The lowest BCUT2D eigenvalue weighted by molar-refractivity contribution is 0.0991. The molecule has 2 aromatic rings. The summed E-state index contributed by atoms with van der Waals surface area (Å²) in [4.78, 5) is 20.0. The summed E-state index contributed by atoms with van der Waals surface area (Å²) in [6, 6.07) is 7.68. The van der Waals surface area contributed by atoms with Crippen molar-refractivity contribution in [3.8, 4) is 0 Å². The average Bonchev–Trinajstić information content (AvgIpc) is 2.33. The van der Waals surface area contributed by atoms with E-state index in [-0.39, 0.29) is 5.78 Å². The van der Waals surface area contributed by atoms with Crippen LogP contribution in [-0.4, -0.2) is 15.8 Å². The van der Waals surface area contributed by atoms with Gasteiger partial charge in [-0.25, -0.2) is 9.97 Å². The summed E-state index contributed by atoms with van der Waals surface area (Å²) >= 11 is 0. The van der Waals surface area contributed by atoms with E-state index in [0.29, 0.717) is 6.42 Å². The molecular weight excluding hydrogens is 212 g/mol. The fourth-order valence-electron chi connectivity index (χ4n) is 1.72. The minimum Gasteiger partial charge on any atom is -0.294 e. The second-order valence-corrected chi connectivity index (χ2v) is 4.12. The van der Waals surface area contributed by atoms with Gasteiger partial charge in [0.2, 0.25) is 0 Å². The number of nitrogens with zero attached hydrogens (tertiary/aromatic N) is 2. The highest BCUT2D eigenvalue weighted by molar-refractivity contribution is 5.98. The Hall–Kier alpha value is -2.03. The third-order valence-corrected chi connectivity index (χ3v) is 2.68. The first kappa shape index (κ1) is 11.5. The molecule has 0 aliphatic rings. The molecule has 0 aliphatic carbocycles. The van der Waals surface area contributed by atoms with E-state index in [1.54, 1.807) is 12.3 Å². The van der Waals surface area contributed by atoms with Crippen molar-refractivity contribution in [2.24, 2.45) is 0 Å². The lowest BCUT2D eigenvalue weighted by Gasteiger charge is -2.05. The van der Waals surface area contributed by atoms with E-state index in [4.69, 9.17) is 0 Å². The van der Waals surface area contributed by atoms with Crippen LogP contribution in [0.1, 0.15) is 27.2 Å². The summed E-state index contributed by atoms with van der Waals surface area (Å²) in [6.45, 7) is 3.94. The number of aromatic nitrogens is 2. The van der Waals surface area contributed by atoms with Crippen molar-refractivity contribution in [1.29, 1.82) is 0 Å². The van der Waals surface area contributed by atoms with Crippen LogP contribution in [0.5, 0.6) is 0 Å². The molecule has 0 radical (unpaired) electrons. The number of carbonyl (C=O) groups is 1. The number of aryl methyl sites for hydroxylation is 2. The molecule has 0 saturated carbocycles. The van der Waals surface area contributed by atoms with Gasteiger partial charge in [0.1, 0.15) is 6.33 Å². The first-order valence-corrected chi connectivity index (χ1v) is 5.52. The summed E-state index contributed by atoms with van der Waals surface area (Å²) in [5.74, 6) is 0.102. The topological polar surface area (TPSA) is 42.9 Å². The summed E-state index contributed by atoms with van der Waals surface area (Å²) in [5, 5.41) is 0. The molecule has 1 aromatic heterocycles. The van der Waals surface area contributed by atoms with Crippen molar-refractivity contribution >= 4 is 5.78 Å². The molecule has 2 rings (SSSR count). The zero-order chi connectivity index (χ0) is 12.3. The molecule has 3 heteroatoms. The van der Waals surface area contributed by atoms with E-state index in [2.05, 4.69) is 9.97 Å². The van der Waals surface area contributed by atoms with Crippen LogP contribution in [0.3, 0.4) is 0 Å². The third-order valence-electron chi connectivity index (χ3n) is 2.68. The molecule has 1 aromatic carbocycles. The normalized spacial score (nSPS) is 10.2. The number of hydrogen-bond donors (Lipinski definition) is 0.